The van der Waals surface area contributed by atoms with E-state index in [9.17, 15) is 9.59 Å². The number of halogens is 2. The zero-order chi connectivity index (χ0) is 17.5. The molecular weight excluding hydrogens is 349 g/mol. The third-order valence-corrected chi connectivity index (χ3v) is 3.47. The van der Waals surface area contributed by atoms with Crippen molar-refractivity contribution in [1.82, 2.24) is 0 Å². The number of rotatable bonds is 6. The summed E-state index contributed by atoms with van der Waals surface area (Å²) in [4.78, 5) is 22.9. The predicted molar refractivity (Wildman–Crippen MR) is 98.9 cm³/mol. The molecule has 0 aromatic heterocycles. The van der Waals surface area contributed by atoms with Gasteiger partial charge in [-0.1, -0.05) is 23.2 Å². The third-order valence-electron chi connectivity index (χ3n) is 3.03. The van der Waals surface area contributed by atoms with E-state index in [1.54, 1.807) is 42.5 Å². The fourth-order valence-corrected chi connectivity index (χ4v) is 2.57. The van der Waals surface area contributed by atoms with E-state index >= 15 is 0 Å². The molecule has 0 aliphatic rings. The molecule has 0 atom stereocenters. The number of nitrogens with one attached hydrogen (secondary N) is 3. The van der Waals surface area contributed by atoms with E-state index in [1.807, 2.05) is 0 Å². The molecule has 2 aromatic rings. The molecule has 0 spiro atoms. The van der Waals surface area contributed by atoms with Crippen molar-refractivity contribution in [1.29, 1.82) is 0 Å². The van der Waals surface area contributed by atoms with Gasteiger partial charge in [0.25, 0.3) is 0 Å². The first-order chi connectivity index (χ1) is 11.4. The summed E-state index contributed by atoms with van der Waals surface area (Å²) in [6.07, 6.45) is 0.289. The number of benzene rings is 2. The van der Waals surface area contributed by atoms with Crippen LogP contribution in [0.4, 0.5) is 17.1 Å². The van der Waals surface area contributed by atoms with Gasteiger partial charge in [0.15, 0.2) is 0 Å². The Morgan fingerprint density at radius 2 is 1.42 bits per heavy atom. The topological polar surface area (TPSA) is 70.2 Å². The van der Waals surface area contributed by atoms with Gasteiger partial charge in [-0.25, -0.2) is 0 Å². The summed E-state index contributed by atoms with van der Waals surface area (Å²) in [5, 5.41) is 9.62. The van der Waals surface area contributed by atoms with Gasteiger partial charge in [-0.2, -0.15) is 0 Å². The molecule has 7 heteroatoms. The molecule has 0 heterocycles. The summed E-state index contributed by atoms with van der Waals surface area (Å²) in [5.41, 5.74) is 2.11. The highest BCUT2D eigenvalue weighted by Crippen LogP contribution is 2.22. The Labute approximate surface area is 150 Å². The van der Waals surface area contributed by atoms with Crippen molar-refractivity contribution < 1.29 is 9.59 Å². The summed E-state index contributed by atoms with van der Waals surface area (Å²) in [6.45, 7) is 1.89. The van der Waals surface area contributed by atoms with E-state index in [2.05, 4.69) is 16.0 Å². The second-order valence-electron chi connectivity index (χ2n) is 5.14. The highest BCUT2D eigenvalue weighted by Gasteiger charge is 2.04. The zero-order valence-electron chi connectivity index (χ0n) is 13.0. The van der Waals surface area contributed by atoms with Gasteiger partial charge in [0, 0.05) is 47.0 Å². The first-order valence-corrected chi connectivity index (χ1v) is 8.05. The van der Waals surface area contributed by atoms with Crippen LogP contribution in [0.5, 0.6) is 0 Å². The lowest BCUT2D eigenvalue weighted by molar-refractivity contribution is -0.116. The fourth-order valence-electron chi connectivity index (χ4n) is 2.04. The van der Waals surface area contributed by atoms with Crippen molar-refractivity contribution in [3.8, 4) is 0 Å². The lowest BCUT2D eigenvalue weighted by Gasteiger charge is -2.09. The Morgan fingerprint density at radius 1 is 0.875 bits per heavy atom. The standard InChI is InChI=1S/C17H17Cl2N3O2/c1-11(23)21-14-2-4-15(5-3-14)22-17(24)6-7-20-16-9-12(18)8-13(19)10-16/h2-5,8-10,20H,6-7H2,1H3,(H,21,23)(H,22,24). The number of hydrogen-bond donors (Lipinski definition) is 3. The summed E-state index contributed by atoms with van der Waals surface area (Å²) in [5.74, 6) is -0.262. The molecule has 0 bridgehead atoms. The van der Waals surface area contributed by atoms with Crippen LogP contribution in [0.1, 0.15) is 13.3 Å². The van der Waals surface area contributed by atoms with Gasteiger partial charge in [0.2, 0.25) is 11.8 Å². The van der Waals surface area contributed by atoms with Crippen molar-refractivity contribution >= 4 is 52.1 Å². The Morgan fingerprint density at radius 3 is 1.96 bits per heavy atom. The van der Waals surface area contributed by atoms with Crippen LogP contribution in [0.15, 0.2) is 42.5 Å². The average Bonchev–Trinajstić information content (AvgIpc) is 2.48. The molecule has 2 amide bonds. The summed E-state index contributed by atoms with van der Waals surface area (Å²) in [6, 6.07) is 12.0. The molecule has 2 aromatic carbocycles. The summed E-state index contributed by atoms with van der Waals surface area (Å²) < 4.78 is 0. The molecule has 126 valence electrons. The normalized spacial score (nSPS) is 10.1. The van der Waals surface area contributed by atoms with Gasteiger partial charge in [0.05, 0.1) is 0 Å². The highest BCUT2D eigenvalue weighted by molar-refractivity contribution is 6.35. The minimum Gasteiger partial charge on any atom is -0.384 e. The van der Waals surface area contributed by atoms with Crippen LogP contribution in [-0.4, -0.2) is 18.4 Å². The number of anilines is 3. The maximum atomic E-state index is 11.9. The van der Waals surface area contributed by atoms with E-state index in [0.29, 0.717) is 28.0 Å². The second-order valence-corrected chi connectivity index (χ2v) is 6.01. The molecule has 5 nitrogen and oxygen atoms in total. The molecule has 0 fully saturated rings. The third kappa shape index (κ3) is 6.10. The van der Waals surface area contributed by atoms with Crippen molar-refractivity contribution in [2.75, 3.05) is 22.5 Å². The van der Waals surface area contributed by atoms with Crippen LogP contribution in [-0.2, 0) is 9.59 Å². The van der Waals surface area contributed by atoms with E-state index in [4.69, 9.17) is 23.2 Å². The summed E-state index contributed by atoms with van der Waals surface area (Å²) >= 11 is 11.8. The Bertz CT molecular complexity index is 713. The van der Waals surface area contributed by atoms with Crippen LogP contribution >= 0.6 is 23.2 Å². The Kier molecular flexibility index (Phi) is 6.46. The molecule has 3 N–H and O–H groups in total. The van der Waals surface area contributed by atoms with Crippen molar-refractivity contribution in [3.63, 3.8) is 0 Å². The maximum absolute atomic E-state index is 11.9. The SMILES string of the molecule is CC(=O)Nc1ccc(NC(=O)CCNc2cc(Cl)cc(Cl)c2)cc1. The second kappa shape index (κ2) is 8.57. The van der Waals surface area contributed by atoms with Gasteiger partial charge in [-0.3, -0.25) is 9.59 Å². The Hall–Kier alpha value is -2.24. The minimum atomic E-state index is -0.140. The van der Waals surface area contributed by atoms with Gasteiger partial charge in [-0.15, -0.1) is 0 Å². The van der Waals surface area contributed by atoms with Crippen LogP contribution in [0.25, 0.3) is 0 Å². The van der Waals surface area contributed by atoms with E-state index < -0.39 is 0 Å². The van der Waals surface area contributed by atoms with Crippen LogP contribution in [0.3, 0.4) is 0 Å². The smallest absolute Gasteiger partial charge is 0.226 e. The maximum Gasteiger partial charge on any atom is 0.226 e. The first-order valence-electron chi connectivity index (χ1n) is 7.30. The van der Waals surface area contributed by atoms with Gasteiger partial charge < -0.3 is 16.0 Å². The lowest BCUT2D eigenvalue weighted by atomic mass is 10.2. The first kappa shape index (κ1) is 18.1. The molecular formula is C17H17Cl2N3O2. The number of hydrogen-bond acceptors (Lipinski definition) is 3. The quantitative estimate of drug-likeness (QED) is 0.710. The molecule has 2 rings (SSSR count). The van der Waals surface area contributed by atoms with E-state index in [0.717, 1.165) is 5.69 Å². The average molecular weight is 366 g/mol. The van der Waals surface area contributed by atoms with Crippen LogP contribution in [0.2, 0.25) is 10.0 Å². The molecule has 0 saturated carbocycles. The summed E-state index contributed by atoms with van der Waals surface area (Å²) in [7, 11) is 0. The predicted octanol–water partition coefficient (Wildman–Crippen LogP) is 4.39. The fraction of sp³-hybridized carbons (Fsp3) is 0.176. The minimum absolute atomic E-state index is 0.122. The van der Waals surface area contributed by atoms with Gasteiger partial charge in [0.1, 0.15) is 0 Å². The monoisotopic (exact) mass is 365 g/mol. The van der Waals surface area contributed by atoms with Crippen molar-refractivity contribution in [3.05, 3.63) is 52.5 Å². The van der Waals surface area contributed by atoms with E-state index in [-0.39, 0.29) is 18.2 Å². The number of carbonyl (C=O) groups excluding carboxylic acids is 2. The number of amides is 2. The molecule has 0 aliphatic heterocycles. The van der Waals surface area contributed by atoms with Crippen molar-refractivity contribution in [2.45, 2.75) is 13.3 Å². The highest BCUT2D eigenvalue weighted by atomic mass is 35.5. The molecule has 0 aliphatic carbocycles. The molecule has 0 saturated heterocycles. The van der Waals surface area contributed by atoms with Gasteiger partial charge in [-0.05, 0) is 42.5 Å². The molecule has 0 radical (unpaired) electrons. The lowest BCUT2D eigenvalue weighted by Crippen LogP contribution is -2.16. The largest absolute Gasteiger partial charge is 0.384 e. The van der Waals surface area contributed by atoms with E-state index in [1.165, 1.54) is 6.92 Å². The van der Waals surface area contributed by atoms with Crippen LogP contribution in [0, 0.1) is 0 Å². The Balaban J connectivity index is 1.79. The van der Waals surface area contributed by atoms with Gasteiger partial charge >= 0.3 is 0 Å². The molecule has 24 heavy (non-hydrogen) atoms. The van der Waals surface area contributed by atoms with Crippen LogP contribution < -0.4 is 16.0 Å². The molecule has 0 unspecified atom stereocenters. The zero-order valence-corrected chi connectivity index (χ0v) is 14.5. The number of carbonyl (C=O) groups is 2. The van der Waals surface area contributed by atoms with Crippen molar-refractivity contribution in [2.24, 2.45) is 0 Å².